The van der Waals surface area contributed by atoms with Crippen LogP contribution >= 0.6 is 11.8 Å². The van der Waals surface area contributed by atoms with E-state index in [0.29, 0.717) is 17.9 Å². The lowest BCUT2D eigenvalue weighted by atomic mass is 10.0. The van der Waals surface area contributed by atoms with Crippen molar-refractivity contribution in [1.29, 1.82) is 0 Å². The van der Waals surface area contributed by atoms with Gasteiger partial charge in [-0.3, -0.25) is 9.10 Å². The Morgan fingerprint density at radius 3 is 2.65 bits per heavy atom. The van der Waals surface area contributed by atoms with E-state index in [1.807, 2.05) is 6.07 Å². The first kappa shape index (κ1) is 18.7. The second-order valence-corrected chi connectivity index (χ2v) is 9.03. The van der Waals surface area contributed by atoms with Crippen LogP contribution in [0.15, 0.2) is 47.4 Å². The maximum absolute atomic E-state index is 12.9. The number of benzene rings is 2. The van der Waals surface area contributed by atoms with E-state index in [0.717, 1.165) is 23.3 Å². The van der Waals surface area contributed by atoms with Gasteiger partial charge in [-0.25, -0.2) is 12.8 Å². The number of sulfonamides is 1. The van der Waals surface area contributed by atoms with Gasteiger partial charge < -0.3 is 5.32 Å². The molecule has 1 heterocycles. The van der Waals surface area contributed by atoms with Gasteiger partial charge in [-0.2, -0.15) is 0 Å². The number of nitrogens with zero attached hydrogens (tertiary/aromatic N) is 1. The number of hydrogen-bond donors (Lipinski definition) is 1. The molecule has 3 rings (SSSR count). The molecule has 1 aliphatic rings. The number of thioether (sulfide) groups is 1. The Balaban J connectivity index is 1.68. The average molecular weight is 394 g/mol. The topological polar surface area (TPSA) is 66.5 Å². The van der Waals surface area contributed by atoms with Crippen molar-refractivity contribution in [2.45, 2.75) is 17.7 Å². The van der Waals surface area contributed by atoms with Gasteiger partial charge in [0.2, 0.25) is 15.9 Å². The zero-order valence-corrected chi connectivity index (χ0v) is 15.9. The molecule has 1 amide bonds. The summed E-state index contributed by atoms with van der Waals surface area (Å²) in [6, 6.07) is 11.3. The fraction of sp³-hybridized carbons (Fsp3) is 0.278. The lowest BCUT2D eigenvalue weighted by molar-refractivity contribution is -0.113. The van der Waals surface area contributed by atoms with Crippen molar-refractivity contribution in [3.05, 3.63) is 53.8 Å². The monoisotopic (exact) mass is 394 g/mol. The van der Waals surface area contributed by atoms with Gasteiger partial charge in [0, 0.05) is 17.1 Å². The number of aryl methyl sites for hydroxylation is 1. The predicted molar refractivity (Wildman–Crippen MR) is 103 cm³/mol. The van der Waals surface area contributed by atoms with Crippen LogP contribution in [0.25, 0.3) is 0 Å². The predicted octanol–water partition coefficient (Wildman–Crippen LogP) is 3.27. The summed E-state index contributed by atoms with van der Waals surface area (Å²) in [6.45, 7) is 0.448. The van der Waals surface area contributed by atoms with Crippen LogP contribution < -0.4 is 9.62 Å². The Bertz CT molecular complexity index is 915. The maximum atomic E-state index is 12.9. The van der Waals surface area contributed by atoms with Crippen LogP contribution in [-0.2, 0) is 21.2 Å². The molecule has 26 heavy (non-hydrogen) atoms. The molecule has 0 radical (unpaired) electrons. The summed E-state index contributed by atoms with van der Waals surface area (Å²) in [7, 11) is -3.35. The number of anilines is 2. The summed E-state index contributed by atoms with van der Waals surface area (Å²) in [5.74, 6) is -0.345. The molecule has 8 heteroatoms. The van der Waals surface area contributed by atoms with Gasteiger partial charge in [0.05, 0.1) is 17.7 Å². The number of halogens is 1. The molecule has 0 atom stereocenters. The molecule has 0 saturated heterocycles. The van der Waals surface area contributed by atoms with E-state index < -0.39 is 10.0 Å². The minimum absolute atomic E-state index is 0.179. The minimum atomic E-state index is -3.35. The van der Waals surface area contributed by atoms with Crippen LogP contribution in [0, 0.1) is 5.82 Å². The molecule has 1 aliphatic heterocycles. The highest BCUT2D eigenvalue weighted by Gasteiger charge is 2.24. The standard InChI is InChI=1S/C18H19FN2O3S2/c1-26(23,24)21-10-2-3-13-4-7-15(11-17(13)21)20-18(22)12-25-16-8-5-14(19)6-9-16/h4-9,11H,2-3,10,12H2,1H3,(H,20,22). The molecule has 0 aliphatic carbocycles. The molecule has 0 bridgehead atoms. The summed E-state index contributed by atoms with van der Waals surface area (Å²) < 4.78 is 38.2. The van der Waals surface area contributed by atoms with Crippen molar-refractivity contribution in [1.82, 2.24) is 0 Å². The second-order valence-electron chi connectivity index (χ2n) is 6.07. The summed E-state index contributed by atoms with van der Waals surface area (Å²) in [5.41, 5.74) is 2.15. The first-order valence-electron chi connectivity index (χ1n) is 8.12. The molecule has 2 aromatic carbocycles. The molecule has 138 valence electrons. The van der Waals surface area contributed by atoms with Crippen LogP contribution in [0.3, 0.4) is 0 Å². The summed E-state index contributed by atoms with van der Waals surface area (Å²) in [4.78, 5) is 13.0. The van der Waals surface area contributed by atoms with Crippen LogP contribution in [-0.4, -0.2) is 32.9 Å². The number of amides is 1. The Morgan fingerprint density at radius 1 is 1.23 bits per heavy atom. The van der Waals surface area contributed by atoms with Gasteiger partial charge in [0.25, 0.3) is 0 Å². The Labute approximate surface area is 156 Å². The number of nitrogens with one attached hydrogen (secondary N) is 1. The fourth-order valence-corrected chi connectivity index (χ4v) is 4.53. The third kappa shape index (κ3) is 4.56. The van der Waals surface area contributed by atoms with E-state index in [1.54, 1.807) is 24.3 Å². The van der Waals surface area contributed by atoms with Gasteiger partial charge >= 0.3 is 0 Å². The highest BCUT2D eigenvalue weighted by molar-refractivity contribution is 8.00. The van der Waals surface area contributed by atoms with Crippen molar-refractivity contribution in [2.24, 2.45) is 0 Å². The van der Waals surface area contributed by atoms with Gasteiger partial charge in [0.15, 0.2) is 0 Å². The summed E-state index contributed by atoms with van der Waals surface area (Å²) >= 11 is 1.31. The minimum Gasteiger partial charge on any atom is -0.325 e. The molecule has 0 fully saturated rings. The van der Waals surface area contributed by atoms with E-state index in [4.69, 9.17) is 0 Å². The van der Waals surface area contributed by atoms with Crippen molar-refractivity contribution in [3.63, 3.8) is 0 Å². The highest BCUT2D eigenvalue weighted by Crippen LogP contribution is 2.31. The Morgan fingerprint density at radius 2 is 1.96 bits per heavy atom. The number of fused-ring (bicyclic) bond motifs is 1. The largest absolute Gasteiger partial charge is 0.325 e. The Hall–Kier alpha value is -2.06. The van der Waals surface area contributed by atoms with E-state index in [-0.39, 0.29) is 17.5 Å². The van der Waals surface area contributed by atoms with Gasteiger partial charge in [-0.1, -0.05) is 6.07 Å². The Kier molecular flexibility index (Phi) is 5.52. The average Bonchev–Trinajstić information content (AvgIpc) is 2.60. The van der Waals surface area contributed by atoms with Crippen LogP contribution in [0.5, 0.6) is 0 Å². The van der Waals surface area contributed by atoms with Crippen molar-refractivity contribution in [2.75, 3.05) is 28.2 Å². The summed E-state index contributed by atoms with van der Waals surface area (Å²) in [5, 5.41) is 2.79. The van der Waals surface area contributed by atoms with Gasteiger partial charge in [-0.05, 0) is 54.8 Å². The van der Waals surface area contributed by atoms with Crippen LogP contribution in [0.4, 0.5) is 15.8 Å². The normalized spacial score (nSPS) is 14.0. The molecular weight excluding hydrogens is 375 g/mol. The number of rotatable bonds is 5. The second kappa shape index (κ2) is 7.67. The van der Waals surface area contributed by atoms with Crippen LogP contribution in [0.1, 0.15) is 12.0 Å². The number of hydrogen-bond acceptors (Lipinski definition) is 4. The molecule has 2 aromatic rings. The van der Waals surface area contributed by atoms with Crippen molar-refractivity contribution < 1.29 is 17.6 Å². The smallest absolute Gasteiger partial charge is 0.234 e. The molecule has 0 unspecified atom stereocenters. The van der Waals surface area contributed by atoms with E-state index in [1.165, 1.54) is 34.5 Å². The van der Waals surface area contributed by atoms with Crippen molar-refractivity contribution >= 4 is 39.1 Å². The van der Waals surface area contributed by atoms with E-state index >= 15 is 0 Å². The first-order valence-corrected chi connectivity index (χ1v) is 11.0. The first-order chi connectivity index (χ1) is 12.3. The van der Waals surface area contributed by atoms with Gasteiger partial charge in [-0.15, -0.1) is 11.8 Å². The number of carbonyl (C=O) groups is 1. The third-order valence-electron chi connectivity index (χ3n) is 4.03. The molecule has 0 aromatic heterocycles. The lowest BCUT2D eigenvalue weighted by Gasteiger charge is -2.29. The van der Waals surface area contributed by atoms with Gasteiger partial charge in [0.1, 0.15) is 5.82 Å². The van der Waals surface area contributed by atoms with Crippen LogP contribution in [0.2, 0.25) is 0 Å². The zero-order chi connectivity index (χ0) is 18.7. The van der Waals surface area contributed by atoms with E-state index in [9.17, 15) is 17.6 Å². The third-order valence-corrected chi connectivity index (χ3v) is 6.22. The number of carbonyl (C=O) groups excluding carboxylic acids is 1. The molecule has 1 N–H and O–H groups in total. The SMILES string of the molecule is CS(=O)(=O)N1CCCc2ccc(NC(=O)CSc3ccc(F)cc3)cc21. The zero-order valence-electron chi connectivity index (χ0n) is 14.2. The highest BCUT2D eigenvalue weighted by atomic mass is 32.2. The quantitative estimate of drug-likeness (QED) is 0.791. The molecule has 0 spiro atoms. The summed E-state index contributed by atoms with van der Waals surface area (Å²) in [6.07, 6.45) is 2.78. The molecule has 5 nitrogen and oxygen atoms in total. The fourth-order valence-electron chi connectivity index (χ4n) is 2.84. The van der Waals surface area contributed by atoms with Crippen molar-refractivity contribution in [3.8, 4) is 0 Å². The van der Waals surface area contributed by atoms with E-state index in [2.05, 4.69) is 5.32 Å². The maximum Gasteiger partial charge on any atom is 0.234 e. The lowest BCUT2D eigenvalue weighted by Crippen LogP contribution is -2.34. The molecular formula is C18H19FN2O3S2. The molecule has 0 saturated carbocycles.